The van der Waals surface area contributed by atoms with E-state index in [0.29, 0.717) is 11.6 Å². The van der Waals surface area contributed by atoms with Gasteiger partial charge in [0, 0.05) is 38.4 Å². The largest absolute Gasteiger partial charge is 0.494 e. The fourth-order valence-electron chi connectivity index (χ4n) is 3.95. The minimum Gasteiger partial charge on any atom is -0.494 e. The lowest BCUT2D eigenvalue weighted by molar-refractivity contribution is -0.00120. The Morgan fingerprint density at radius 3 is 2.85 bits per heavy atom. The predicted octanol–water partition coefficient (Wildman–Crippen LogP) is 1.82. The Labute approximate surface area is 159 Å². The van der Waals surface area contributed by atoms with Crippen molar-refractivity contribution < 1.29 is 14.3 Å². The molecule has 0 N–H and O–H groups in total. The summed E-state index contributed by atoms with van der Waals surface area (Å²) in [6.45, 7) is 5.07. The molecule has 2 fully saturated rings. The number of likely N-dealkylation sites (tertiary alicyclic amines) is 1. The standard InChI is InChI=1S/C20H26N4O3/c1-26-19-7-3-2-6-18(19)24-14-16(13-21-24)20(25)23-8-4-5-17(15-23)22-9-11-27-12-10-22/h2-3,6-7,13-14,17H,4-5,8-12,15H2,1H3. The molecule has 1 aromatic carbocycles. The summed E-state index contributed by atoms with van der Waals surface area (Å²) in [7, 11) is 1.63. The molecule has 4 rings (SSSR count). The quantitative estimate of drug-likeness (QED) is 0.822. The van der Waals surface area contributed by atoms with Gasteiger partial charge in [0.05, 0.1) is 32.1 Å². The fraction of sp³-hybridized carbons (Fsp3) is 0.500. The number of benzene rings is 1. The molecule has 1 amide bonds. The van der Waals surface area contributed by atoms with E-state index in [-0.39, 0.29) is 5.91 Å². The van der Waals surface area contributed by atoms with Gasteiger partial charge < -0.3 is 14.4 Å². The summed E-state index contributed by atoms with van der Waals surface area (Å²) < 4.78 is 12.6. The number of morpholine rings is 1. The van der Waals surface area contributed by atoms with Gasteiger partial charge in [0.2, 0.25) is 0 Å². The summed E-state index contributed by atoms with van der Waals surface area (Å²) in [5, 5.41) is 4.38. The van der Waals surface area contributed by atoms with Gasteiger partial charge in [-0.25, -0.2) is 4.68 Å². The summed E-state index contributed by atoms with van der Waals surface area (Å²) in [6, 6.07) is 8.08. The minimum absolute atomic E-state index is 0.0501. The molecule has 1 atom stereocenters. The van der Waals surface area contributed by atoms with Crippen LogP contribution in [0.1, 0.15) is 23.2 Å². The van der Waals surface area contributed by atoms with Crippen molar-refractivity contribution in [3.8, 4) is 11.4 Å². The second-order valence-electron chi connectivity index (χ2n) is 7.04. The highest BCUT2D eigenvalue weighted by atomic mass is 16.5. The summed E-state index contributed by atoms with van der Waals surface area (Å²) in [4.78, 5) is 17.5. The Hall–Kier alpha value is -2.38. The number of rotatable bonds is 4. The van der Waals surface area contributed by atoms with Crippen molar-refractivity contribution >= 4 is 5.91 Å². The molecular weight excluding hydrogens is 344 g/mol. The number of aromatic nitrogens is 2. The Morgan fingerprint density at radius 1 is 1.22 bits per heavy atom. The van der Waals surface area contributed by atoms with E-state index in [9.17, 15) is 4.79 Å². The Kier molecular flexibility index (Phi) is 5.40. The van der Waals surface area contributed by atoms with Gasteiger partial charge in [-0.05, 0) is 25.0 Å². The van der Waals surface area contributed by atoms with E-state index in [0.717, 1.165) is 63.7 Å². The monoisotopic (exact) mass is 370 g/mol. The average molecular weight is 370 g/mol. The topological polar surface area (TPSA) is 59.8 Å². The third kappa shape index (κ3) is 3.84. The molecule has 3 heterocycles. The molecule has 1 unspecified atom stereocenters. The number of ether oxygens (including phenoxy) is 2. The van der Waals surface area contributed by atoms with Crippen LogP contribution in [-0.4, -0.2) is 78.0 Å². The van der Waals surface area contributed by atoms with Gasteiger partial charge in [-0.3, -0.25) is 9.69 Å². The molecule has 144 valence electrons. The van der Waals surface area contributed by atoms with Gasteiger partial charge >= 0.3 is 0 Å². The molecule has 0 bridgehead atoms. The van der Waals surface area contributed by atoms with Crippen LogP contribution >= 0.6 is 0 Å². The first-order valence-electron chi connectivity index (χ1n) is 9.55. The minimum atomic E-state index is 0.0501. The molecule has 2 aliphatic rings. The van der Waals surface area contributed by atoms with E-state index in [1.165, 1.54) is 0 Å². The first-order chi connectivity index (χ1) is 13.3. The normalized spacial score (nSPS) is 21.2. The number of para-hydroxylation sites is 2. The average Bonchev–Trinajstić information content (AvgIpc) is 3.24. The summed E-state index contributed by atoms with van der Waals surface area (Å²) in [6.07, 6.45) is 5.62. The van der Waals surface area contributed by atoms with Gasteiger partial charge in [-0.15, -0.1) is 0 Å². The van der Waals surface area contributed by atoms with Crippen LogP contribution in [0.15, 0.2) is 36.7 Å². The van der Waals surface area contributed by atoms with Crippen LogP contribution in [0.3, 0.4) is 0 Å². The van der Waals surface area contributed by atoms with Crippen molar-refractivity contribution in [3.63, 3.8) is 0 Å². The molecule has 1 aromatic heterocycles. The third-order valence-corrected chi connectivity index (χ3v) is 5.41. The molecule has 7 nitrogen and oxygen atoms in total. The summed E-state index contributed by atoms with van der Waals surface area (Å²) >= 11 is 0. The van der Waals surface area contributed by atoms with Crippen LogP contribution in [0.5, 0.6) is 5.75 Å². The zero-order valence-corrected chi connectivity index (χ0v) is 15.7. The van der Waals surface area contributed by atoms with Crippen molar-refractivity contribution in [3.05, 3.63) is 42.2 Å². The number of carbonyl (C=O) groups excluding carboxylic acids is 1. The van der Waals surface area contributed by atoms with E-state index in [1.54, 1.807) is 24.2 Å². The zero-order valence-electron chi connectivity index (χ0n) is 15.7. The lowest BCUT2D eigenvalue weighted by atomic mass is 10.0. The van der Waals surface area contributed by atoms with Crippen LogP contribution in [0, 0.1) is 0 Å². The van der Waals surface area contributed by atoms with E-state index in [4.69, 9.17) is 9.47 Å². The fourth-order valence-corrected chi connectivity index (χ4v) is 3.95. The predicted molar refractivity (Wildman–Crippen MR) is 101 cm³/mol. The maximum atomic E-state index is 13.0. The Morgan fingerprint density at radius 2 is 2.04 bits per heavy atom. The second kappa shape index (κ2) is 8.10. The number of piperidine rings is 1. The Bertz CT molecular complexity index is 785. The zero-order chi connectivity index (χ0) is 18.6. The van der Waals surface area contributed by atoms with Crippen LogP contribution in [0.25, 0.3) is 5.69 Å². The van der Waals surface area contributed by atoms with Gasteiger partial charge in [-0.2, -0.15) is 5.10 Å². The van der Waals surface area contributed by atoms with Crippen LogP contribution < -0.4 is 4.74 Å². The molecule has 0 saturated carbocycles. The van der Waals surface area contributed by atoms with Gasteiger partial charge in [0.15, 0.2) is 0 Å². The van der Waals surface area contributed by atoms with Gasteiger partial charge in [0.25, 0.3) is 5.91 Å². The first kappa shape index (κ1) is 18.0. The smallest absolute Gasteiger partial charge is 0.257 e. The van der Waals surface area contributed by atoms with Gasteiger partial charge in [-0.1, -0.05) is 12.1 Å². The molecule has 2 saturated heterocycles. The summed E-state index contributed by atoms with van der Waals surface area (Å²) in [5.41, 5.74) is 1.44. The molecule has 0 radical (unpaired) electrons. The highest BCUT2D eigenvalue weighted by Crippen LogP contribution is 2.23. The van der Waals surface area contributed by atoms with Crippen LogP contribution in [0.2, 0.25) is 0 Å². The van der Waals surface area contributed by atoms with Crippen LogP contribution in [-0.2, 0) is 4.74 Å². The SMILES string of the molecule is COc1ccccc1-n1cc(C(=O)N2CCCC(N3CCOCC3)C2)cn1. The third-order valence-electron chi connectivity index (χ3n) is 5.41. The number of methoxy groups -OCH3 is 1. The van der Waals surface area contributed by atoms with Crippen molar-refractivity contribution in [2.75, 3.05) is 46.5 Å². The molecule has 7 heteroatoms. The molecular formula is C20H26N4O3. The highest BCUT2D eigenvalue weighted by Gasteiger charge is 2.29. The maximum absolute atomic E-state index is 13.0. The van der Waals surface area contributed by atoms with E-state index >= 15 is 0 Å². The maximum Gasteiger partial charge on any atom is 0.257 e. The number of hydrogen-bond donors (Lipinski definition) is 0. The lowest BCUT2D eigenvalue weighted by Crippen LogP contribution is -2.52. The van der Waals surface area contributed by atoms with Crippen molar-refractivity contribution in [1.29, 1.82) is 0 Å². The number of nitrogens with zero attached hydrogens (tertiary/aromatic N) is 4. The highest BCUT2D eigenvalue weighted by molar-refractivity contribution is 5.94. The van der Waals surface area contributed by atoms with Crippen LogP contribution in [0.4, 0.5) is 0 Å². The van der Waals surface area contributed by atoms with E-state index in [2.05, 4.69) is 10.00 Å². The van der Waals surface area contributed by atoms with Crippen molar-refractivity contribution in [2.45, 2.75) is 18.9 Å². The molecule has 0 aliphatic carbocycles. The second-order valence-corrected chi connectivity index (χ2v) is 7.04. The van der Waals surface area contributed by atoms with E-state index < -0.39 is 0 Å². The lowest BCUT2D eigenvalue weighted by Gasteiger charge is -2.40. The summed E-state index contributed by atoms with van der Waals surface area (Å²) in [5.74, 6) is 0.777. The first-order valence-corrected chi connectivity index (χ1v) is 9.55. The molecule has 27 heavy (non-hydrogen) atoms. The van der Waals surface area contributed by atoms with Gasteiger partial charge in [0.1, 0.15) is 11.4 Å². The van der Waals surface area contributed by atoms with Crippen molar-refractivity contribution in [2.24, 2.45) is 0 Å². The number of carbonyl (C=O) groups is 1. The number of amides is 1. The van der Waals surface area contributed by atoms with E-state index in [1.807, 2.05) is 29.2 Å². The molecule has 2 aromatic rings. The molecule has 0 spiro atoms. The number of hydrogen-bond acceptors (Lipinski definition) is 5. The van der Waals surface area contributed by atoms with Crippen molar-refractivity contribution in [1.82, 2.24) is 19.6 Å². The molecule has 2 aliphatic heterocycles. The Balaban J connectivity index is 1.47.